The molecule has 1 fully saturated rings. The van der Waals surface area contributed by atoms with Crippen molar-refractivity contribution in [3.63, 3.8) is 0 Å². The Labute approximate surface area is 177 Å². The van der Waals surface area contributed by atoms with E-state index in [-0.39, 0.29) is 12.3 Å². The summed E-state index contributed by atoms with van der Waals surface area (Å²) in [6.07, 6.45) is 3.42. The smallest absolute Gasteiger partial charge is 0.325 e. The van der Waals surface area contributed by atoms with E-state index in [1.807, 2.05) is 4.90 Å². The van der Waals surface area contributed by atoms with Crippen LogP contribution in [0.2, 0.25) is 5.02 Å². The number of benzene rings is 1. The van der Waals surface area contributed by atoms with Crippen LogP contribution >= 0.6 is 22.9 Å². The number of hydrogen-bond acceptors (Lipinski definition) is 7. The minimum atomic E-state index is -0.533. The molecule has 1 saturated heterocycles. The van der Waals surface area contributed by atoms with Crippen molar-refractivity contribution in [1.29, 1.82) is 0 Å². The number of likely N-dealkylation sites (tertiary alicyclic amines) is 1. The molecule has 11 heteroatoms. The van der Waals surface area contributed by atoms with Gasteiger partial charge in [0.15, 0.2) is 0 Å². The van der Waals surface area contributed by atoms with Crippen molar-refractivity contribution in [1.82, 2.24) is 15.1 Å². The third kappa shape index (κ3) is 5.48. The summed E-state index contributed by atoms with van der Waals surface area (Å²) in [4.78, 5) is 26.5. The molecule has 9 nitrogen and oxygen atoms in total. The molecular formula is C18H22ClN5O4S. The van der Waals surface area contributed by atoms with Crippen LogP contribution < -0.4 is 20.1 Å². The van der Waals surface area contributed by atoms with E-state index in [1.165, 1.54) is 20.3 Å². The number of methoxy groups -OCH3 is 2. The van der Waals surface area contributed by atoms with Crippen molar-refractivity contribution >= 4 is 45.7 Å². The highest BCUT2D eigenvalue weighted by Crippen LogP contribution is 2.36. The SMILES string of the molecule is COc1cc(OC)c(NC(=O)Nc2nnc(CC(=O)N3CCCCC3)s2)cc1Cl. The molecule has 1 aromatic carbocycles. The predicted molar refractivity (Wildman–Crippen MR) is 111 cm³/mol. The summed E-state index contributed by atoms with van der Waals surface area (Å²) >= 11 is 7.27. The van der Waals surface area contributed by atoms with Crippen LogP contribution in [0.4, 0.5) is 15.6 Å². The number of piperidine rings is 1. The molecule has 29 heavy (non-hydrogen) atoms. The summed E-state index contributed by atoms with van der Waals surface area (Å²) in [6.45, 7) is 1.58. The first-order valence-corrected chi connectivity index (χ1v) is 10.3. The van der Waals surface area contributed by atoms with Crippen LogP contribution in [0.3, 0.4) is 0 Å². The van der Waals surface area contributed by atoms with Crippen LogP contribution in [0, 0.1) is 0 Å². The maximum absolute atomic E-state index is 12.3. The quantitative estimate of drug-likeness (QED) is 0.714. The second-order valence-corrected chi connectivity index (χ2v) is 7.85. The Morgan fingerprint density at radius 2 is 1.83 bits per heavy atom. The van der Waals surface area contributed by atoms with E-state index < -0.39 is 6.03 Å². The zero-order valence-corrected chi connectivity index (χ0v) is 17.7. The predicted octanol–water partition coefficient (Wildman–Crippen LogP) is 3.41. The van der Waals surface area contributed by atoms with Crippen LogP contribution in [0.15, 0.2) is 12.1 Å². The number of aromatic nitrogens is 2. The zero-order valence-electron chi connectivity index (χ0n) is 16.2. The van der Waals surface area contributed by atoms with Gasteiger partial charge in [0.1, 0.15) is 16.5 Å². The fourth-order valence-electron chi connectivity index (χ4n) is 2.97. The van der Waals surface area contributed by atoms with Crippen molar-refractivity contribution in [2.75, 3.05) is 37.9 Å². The van der Waals surface area contributed by atoms with Crippen LogP contribution in [0.5, 0.6) is 11.5 Å². The molecule has 2 heterocycles. The molecule has 3 rings (SSSR count). The number of ether oxygens (including phenoxy) is 2. The molecule has 0 saturated carbocycles. The number of carbonyl (C=O) groups excluding carboxylic acids is 2. The second kappa shape index (κ2) is 9.75. The van der Waals surface area contributed by atoms with Gasteiger partial charge in [-0.15, -0.1) is 10.2 Å². The summed E-state index contributed by atoms with van der Waals surface area (Å²) in [5.74, 6) is 0.863. The Morgan fingerprint density at radius 1 is 1.10 bits per heavy atom. The molecule has 2 N–H and O–H groups in total. The number of rotatable bonds is 6. The second-order valence-electron chi connectivity index (χ2n) is 6.39. The van der Waals surface area contributed by atoms with E-state index in [0.717, 1.165) is 43.7 Å². The molecule has 0 atom stereocenters. The maximum Gasteiger partial charge on any atom is 0.325 e. The van der Waals surface area contributed by atoms with Gasteiger partial charge in [0.05, 0.1) is 31.4 Å². The van der Waals surface area contributed by atoms with Crippen molar-refractivity contribution in [2.45, 2.75) is 25.7 Å². The molecule has 1 aliphatic heterocycles. The Morgan fingerprint density at radius 3 is 2.52 bits per heavy atom. The van der Waals surface area contributed by atoms with Gasteiger partial charge in [-0.3, -0.25) is 10.1 Å². The lowest BCUT2D eigenvalue weighted by Crippen LogP contribution is -2.36. The van der Waals surface area contributed by atoms with E-state index in [9.17, 15) is 9.59 Å². The zero-order chi connectivity index (χ0) is 20.8. The van der Waals surface area contributed by atoms with Gasteiger partial charge in [-0.1, -0.05) is 22.9 Å². The average Bonchev–Trinajstić information content (AvgIpc) is 3.15. The third-order valence-electron chi connectivity index (χ3n) is 4.42. The lowest BCUT2D eigenvalue weighted by Gasteiger charge is -2.26. The maximum atomic E-state index is 12.3. The molecule has 2 aromatic rings. The topological polar surface area (TPSA) is 106 Å². The highest BCUT2D eigenvalue weighted by atomic mass is 35.5. The highest BCUT2D eigenvalue weighted by Gasteiger charge is 2.19. The fourth-order valence-corrected chi connectivity index (χ4v) is 3.94. The number of nitrogens with one attached hydrogen (secondary N) is 2. The molecule has 156 valence electrons. The van der Waals surface area contributed by atoms with E-state index in [2.05, 4.69) is 20.8 Å². The molecular weight excluding hydrogens is 418 g/mol. The molecule has 0 spiro atoms. The molecule has 0 unspecified atom stereocenters. The molecule has 1 aliphatic rings. The first-order chi connectivity index (χ1) is 14.0. The monoisotopic (exact) mass is 439 g/mol. The Balaban J connectivity index is 1.59. The molecule has 1 aromatic heterocycles. The number of halogens is 1. The summed E-state index contributed by atoms with van der Waals surface area (Å²) in [7, 11) is 2.96. The van der Waals surface area contributed by atoms with Crippen LogP contribution in [0.25, 0.3) is 0 Å². The summed E-state index contributed by atoms with van der Waals surface area (Å²) < 4.78 is 10.4. The van der Waals surface area contributed by atoms with Crippen LogP contribution in [-0.2, 0) is 11.2 Å². The first-order valence-electron chi connectivity index (χ1n) is 9.10. The number of urea groups is 1. The standard InChI is InChI=1S/C18H22ClN5O4S/c1-27-13-9-14(28-2)12(8-11(13)19)20-17(26)21-18-23-22-15(29-18)10-16(25)24-6-4-3-5-7-24/h8-9H,3-7,10H2,1-2H3,(H2,20,21,23,26). The van der Waals surface area contributed by atoms with E-state index in [4.69, 9.17) is 21.1 Å². The summed E-state index contributed by atoms with van der Waals surface area (Å²) in [5, 5.41) is 14.4. The molecule has 0 radical (unpaired) electrons. The Kier molecular flexibility index (Phi) is 7.10. The first kappa shape index (κ1) is 21.1. The summed E-state index contributed by atoms with van der Waals surface area (Å²) in [5.41, 5.74) is 0.376. The van der Waals surface area contributed by atoms with E-state index in [0.29, 0.717) is 32.3 Å². The lowest BCUT2D eigenvalue weighted by molar-refractivity contribution is -0.131. The van der Waals surface area contributed by atoms with Gasteiger partial charge < -0.3 is 19.7 Å². The van der Waals surface area contributed by atoms with Crippen LogP contribution in [0.1, 0.15) is 24.3 Å². The number of hydrogen-bond donors (Lipinski definition) is 2. The molecule has 3 amide bonds. The Hall–Kier alpha value is -2.59. The van der Waals surface area contributed by atoms with Crippen molar-refractivity contribution < 1.29 is 19.1 Å². The minimum Gasteiger partial charge on any atom is -0.495 e. The largest absolute Gasteiger partial charge is 0.495 e. The lowest BCUT2D eigenvalue weighted by atomic mass is 10.1. The third-order valence-corrected chi connectivity index (χ3v) is 5.55. The number of amides is 3. The van der Waals surface area contributed by atoms with Gasteiger partial charge in [-0.2, -0.15) is 0 Å². The van der Waals surface area contributed by atoms with E-state index in [1.54, 1.807) is 6.07 Å². The number of carbonyl (C=O) groups is 2. The fraction of sp³-hybridized carbons (Fsp3) is 0.444. The number of nitrogens with zero attached hydrogens (tertiary/aromatic N) is 3. The van der Waals surface area contributed by atoms with Gasteiger partial charge in [-0.05, 0) is 25.3 Å². The number of anilines is 2. The van der Waals surface area contributed by atoms with Crippen molar-refractivity contribution in [3.8, 4) is 11.5 Å². The highest BCUT2D eigenvalue weighted by molar-refractivity contribution is 7.15. The normalized spacial score (nSPS) is 13.7. The Bertz CT molecular complexity index is 885. The molecule has 0 aliphatic carbocycles. The van der Waals surface area contributed by atoms with Gasteiger partial charge >= 0.3 is 6.03 Å². The summed E-state index contributed by atoms with van der Waals surface area (Å²) in [6, 6.07) is 2.57. The van der Waals surface area contributed by atoms with Crippen LogP contribution in [-0.4, -0.2) is 54.3 Å². The van der Waals surface area contributed by atoms with Gasteiger partial charge in [0, 0.05) is 19.2 Å². The van der Waals surface area contributed by atoms with Crippen molar-refractivity contribution in [3.05, 3.63) is 22.2 Å². The van der Waals surface area contributed by atoms with Gasteiger partial charge in [0.2, 0.25) is 11.0 Å². The minimum absolute atomic E-state index is 0.0365. The van der Waals surface area contributed by atoms with Gasteiger partial charge in [0.25, 0.3) is 0 Å². The van der Waals surface area contributed by atoms with Gasteiger partial charge in [-0.25, -0.2) is 4.79 Å². The van der Waals surface area contributed by atoms with E-state index >= 15 is 0 Å². The average molecular weight is 440 g/mol. The molecule has 0 bridgehead atoms. The van der Waals surface area contributed by atoms with Crippen molar-refractivity contribution in [2.24, 2.45) is 0 Å².